The fraction of sp³-hybridized carbons (Fsp3) is 0.756. The number of nitrogens with zero attached hydrogens (tertiary/aromatic N) is 3. The number of rotatable bonds is 21. The number of carbonyl (C=O) groups is 3. The minimum Gasteiger partial charge on any atom is -0.480 e. The van der Waals surface area contributed by atoms with E-state index in [9.17, 15) is 29.7 Å². The van der Waals surface area contributed by atoms with Crippen molar-refractivity contribution < 1.29 is 43.9 Å². The average molecular weight is 800 g/mol. The van der Waals surface area contributed by atoms with E-state index in [1.807, 2.05) is 13.0 Å². The molecule has 2 heterocycles. The second-order valence-corrected chi connectivity index (χ2v) is 17.2. The highest BCUT2D eigenvalue weighted by Gasteiger charge is 2.56. The Hall–Kier alpha value is -3.03. The van der Waals surface area contributed by atoms with E-state index >= 15 is 0 Å². The number of carbonyl (C=O) groups excluding carboxylic acids is 2. The van der Waals surface area contributed by atoms with E-state index in [0.717, 1.165) is 68.4 Å². The van der Waals surface area contributed by atoms with Crippen molar-refractivity contribution in [2.24, 2.45) is 39.8 Å². The van der Waals surface area contributed by atoms with Crippen LogP contribution in [0.25, 0.3) is 0 Å². The summed E-state index contributed by atoms with van der Waals surface area (Å²) in [5, 5.41) is 40.3. The maximum atomic E-state index is 13.7. The van der Waals surface area contributed by atoms with Crippen LogP contribution in [0.2, 0.25) is 0 Å². The number of likely N-dealkylation sites (tertiary alicyclic amines) is 1. The van der Waals surface area contributed by atoms with Crippen LogP contribution in [0.5, 0.6) is 0 Å². The van der Waals surface area contributed by atoms with Gasteiger partial charge in [-0.05, 0) is 128 Å². The van der Waals surface area contributed by atoms with Gasteiger partial charge in [0.05, 0.1) is 18.3 Å². The minimum absolute atomic E-state index is 0.0364. The van der Waals surface area contributed by atoms with Crippen LogP contribution in [0.4, 0.5) is 0 Å². The lowest BCUT2D eigenvalue weighted by Crippen LogP contribution is -2.64. The fourth-order valence-electron chi connectivity index (χ4n) is 9.09. The highest BCUT2D eigenvalue weighted by atomic mass is 16.7. The molecule has 0 spiro atoms. The quantitative estimate of drug-likeness (QED) is 0.0462. The van der Waals surface area contributed by atoms with Gasteiger partial charge in [0.25, 0.3) is 11.7 Å². The van der Waals surface area contributed by atoms with E-state index in [1.54, 1.807) is 27.4 Å². The highest BCUT2D eigenvalue weighted by molar-refractivity contribution is 6.39. The number of hydrogen-bond donors (Lipinski definition) is 3. The molecule has 322 valence electrons. The fourth-order valence-corrected chi connectivity index (χ4v) is 9.09. The van der Waals surface area contributed by atoms with Gasteiger partial charge in [0.15, 0.2) is 0 Å². The molecule has 2 aliphatic heterocycles. The van der Waals surface area contributed by atoms with Crippen molar-refractivity contribution in [1.29, 1.82) is 0 Å². The van der Waals surface area contributed by atoms with Crippen LogP contribution in [0.1, 0.15) is 131 Å². The van der Waals surface area contributed by atoms with Crippen molar-refractivity contribution in [2.45, 2.75) is 168 Å². The van der Waals surface area contributed by atoms with E-state index < -0.39 is 53.7 Å². The molecule has 12 heteroatoms. The van der Waals surface area contributed by atoms with E-state index in [4.69, 9.17) is 14.2 Å². The number of carboxylic acids is 1. The molecule has 1 aliphatic carbocycles. The van der Waals surface area contributed by atoms with Crippen molar-refractivity contribution in [2.75, 3.05) is 20.8 Å². The second kappa shape index (κ2) is 23.5. The number of piperidine rings is 1. The molecule has 12 nitrogen and oxygen atoms in total. The molecule has 9 unspecified atom stereocenters. The molecule has 0 aromatic heterocycles. The summed E-state index contributed by atoms with van der Waals surface area (Å²) in [4.78, 5) is 40.2. The smallest absolute Gasteiger partial charge is 0.326 e. The monoisotopic (exact) mass is 800 g/mol. The standard InChI is InChI=1S/C45H73N3O9/c1-10-14-35(37(47-46-11-2)21-16-29(3)23-30(4)25-34-17-19-36(49)20-18-34)26-31(5)24-32(6)27-39(55-8)41-40(56-9)28-33(7)45(54,57-41)42(50)43(51)48-22-13-12-15-38(48)44(52)53/h10-11,25-26,29,32-36,38-41,49,54H,1,12-24,27-28H2,2-9H3,(H,52,53)/b30-25?,31-26+,46-11-,47-37+. The number of Topliss-reactive ketones (excluding diaryl/α,β-unsaturated/α-hetero) is 1. The third-order valence-electron chi connectivity index (χ3n) is 12.2. The van der Waals surface area contributed by atoms with Crippen molar-refractivity contribution in [3.63, 3.8) is 0 Å². The molecule has 3 aliphatic rings. The van der Waals surface area contributed by atoms with Crippen LogP contribution in [0.15, 0.2) is 46.2 Å². The first-order chi connectivity index (χ1) is 27.1. The van der Waals surface area contributed by atoms with Crippen LogP contribution >= 0.6 is 0 Å². The molecule has 3 fully saturated rings. The molecule has 0 radical (unpaired) electrons. The Morgan fingerprint density at radius 3 is 2.33 bits per heavy atom. The van der Waals surface area contributed by atoms with Gasteiger partial charge in [-0.15, -0.1) is 6.58 Å². The number of ketones is 1. The number of methoxy groups -OCH3 is 2. The van der Waals surface area contributed by atoms with Crippen molar-refractivity contribution in [1.82, 2.24) is 4.90 Å². The zero-order valence-corrected chi connectivity index (χ0v) is 36.0. The summed E-state index contributed by atoms with van der Waals surface area (Å²) in [7, 11) is 3.10. The lowest BCUT2D eigenvalue weighted by Gasteiger charge is -2.47. The molecule has 57 heavy (non-hydrogen) atoms. The Balaban J connectivity index is 1.70. The highest BCUT2D eigenvalue weighted by Crippen LogP contribution is 2.39. The largest absolute Gasteiger partial charge is 0.480 e. The van der Waals surface area contributed by atoms with Gasteiger partial charge in [-0.25, -0.2) is 4.79 Å². The number of aliphatic hydroxyl groups is 2. The predicted molar refractivity (Wildman–Crippen MR) is 224 cm³/mol. The first kappa shape index (κ1) is 48.3. The summed E-state index contributed by atoms with van der Waals surface area (Å²) < 4.78 is 17.9. The van der Waals surface area contributed by atoms with E-state index in [0.29, 0.717) is 31.1 Å². The van der Waals surface area contributed by atoms with Gasteiger partial charge >= 0.3 is 5.97 Å². The Kier molecular flexibility index (Phi) is 20.0. The zero-order chi connectivity index (χ0) is 42.3. The van der Waals surface area contributed by atoms with Gasteiger partial charge in [0, 0.05) is 44.5 Å². The van der Waals surface area contributed by atoms with Crippen molar-refractivity contribution in [3.8, 4) is 0 Å². The van der Waals surface area contributed by atoms with Crippen molar-refractivity contribution in [3.05, 3.63) is 36.0 Å². The summed E-state index contributed by atoms with van der Waals surface area (Å²) in [6.07, 6.45) is 16.6. The lowest BCUT2D eigenvalue weighted by molar-refractivity contribution is -0.302. The Morgan fingerprint density at radius 2 is 1.72 bits per heavy atom. The number of allylic oxidation sites excluding steroid dienone is 5. The predicted octanol–water partition coefficient (Wildman–Crippen LogP) is 7.47. The molecule has 1 amide bonds. The van der Waals surface area contributed by atoms with Gasteiger partial charge in [-0.3, -0.25) is 9.59 Å². The Bertz CT molecular complexity index is 1450. The van der Waals surface area contributed by atoms with Gasteiger partial charge in [-0.1, -0.05) is 50.1 Å². The minimum atomic E-state index is -2.46. The first-order valence-electron chi connectivity index (χ1n) is 21.3. The normalized spacial score (nSPS) is 30.1. The van der Waals surface area contributed by atoms with Crippen LogP contribution in [-0.4, -0.2) is 107 Å². The third-order valence-corrected chi connectivity index (χ3v) is 12.2. The number of aliphatic carboxylic acids is 1. The van der Waals surface area contributed by atoms with E-state index in [-0.39, 0.29) is 37.3 Å². The third kappa shape index (κ3) is 14.0. The molecular weight excluding hydrogens is 727 g/mol. The number of hydrogen-bond acceptors (Lipinski definition) is 10. The summed E-state index contributed by atoms with van der Waals surface area (Å²) in [6.45, 7) is 16.4. The molecular formula is C45H73N3O9. The van der Waals surface area contributed by atoms with Crippen LogP contribution < -0.4 is 0 Å². The summed E-state index contributed by atoms with van der Waals surface area (Å²) in [5.74, 6) is -5.47. The van der Waals surface area contributed by atoms with Crippen LogP contribution in [0, 0.1) is 29.6 Å². The molecule has 0 aromatic rings. The molecule has 0 bridgehead atoms. The first-order valence-corrected chi connectivity index (χ1v) is 21.3. The molecule has 0 aromatic carbocycles. The molecule has 3 rings (SSSR count). The topological polar surface area (TPSA) is 168 Å². The SMILES string of the molecule is C=CCC(/C=C(\C)CC(C)CC(OC)C1OC(O)(C(=O)C(=O)N2CCCCC2C(=O)O)C(C)CC1OC)/C(CCC(C)CC(C)=CC1CCC(O)CC1)=N/N=C\C. The number of amides is 1. The number of ether oxygens (including phenoxy) is 3. The van der Waals surface area contributed by atoms with Crippen LogP contribution in [0.3, 0.4) is 0 Å². The molecule has 2 saturated heterocycles. The Labute approximate surface area is 341 Å². The summed E-state index contributed by atoms with van der Waals surface area (Å²) in [6, 6.07) is -1.12. The maximum absolute atomic E-state index is 13.7. The van der Waals surface area contributed by atoms with Crippen molar-refractivity contribution >= 4 is 29.6 Å². The second-order valence-electron chi connectivity index (χ2n) is 17.2. The van der Waals surface area contributed by atoms with Gasteiger partial charge in [0.1, 0.15) is 12.1 Å². The lowest BCUT2D eigenvalue weighted by atomic mass is 9.82. The van der Waals surface area contributed by atoms with E-state index in [1.165, 1.54) is 11.1 Å². The van der Waals surface area contributed by atoms with Gasteiger partial charge < -0.3 is 34.4 Å². The molecule has 3 N–H and O–H groups in total. The number of carboxylic acid groups (broad SMARTS) is 1. The summed E-state index contributed by atoms with van der Waals surface area (Å²) >= 11 is 0. The molecule has 1 saturated carbocycles. The average Bonchev–Trinajstić information content (AvgIpc) is 3.17. The zero-order valence-electron chi connectivity index (χ0n) is 36.0. The van der Waals surface area contributed by atoms with Gasteiger partial charge in [0.2, 0.25) is 5.79 Å². The van der Waals surface area contributed by atoms with Crippen LogP contribution in [-0.2, 0) is 28.6 Å². The Morgan fingerprint density at radius 1 is 1.04 bits per heavy atom. The summed E-state index contributed by atoms with van der Waals surface area (Å²) in [5.41, 5.74) is 3.61. The molecule has 9 atom stereocenters. The van der Waals surface area contributed by atoms with Gasteiger partial charge in [-0.2, -0.15) is 10.2 Å². The number of aliphatic hydroxyl groups excluding tert-OH is 1. The maximum Gasteiger partial charge on any atom is 0.326 e. The van der Waals surface area contributed by atoms with E-state index in [2.05, 4.69) is 56.6 Å².